The normalized spacial score (nSPS) is 18.3. The zero-order valence-corrected chi connectivity index (χ0v) is 20.3. The van der Waals surface area contributed by atoms with Gasteiger partial charge in [-0.15, -0.1) is 0 Å². The molecule has 0 saturated carbocycles. The third kappa shape index (κ3) is 6.29. The maximum absolute atomic E-state index is 13.1. The van der Waals surface area contributed by atoms with Gasteiger partial charge in [0.2, 0.25) is 5.91 Å². The van der Waals surface area contributed by atoms with Gasteiger partial charge in [-0.2, -0.15) is 13.2 Å². The molecule has 35 heavy (non-hydrogen) atoms. The minimum absolute atomic E-state index is 0.0391. The molecule has 6 nitrogen and oxygen atoms in total. The highest BCUT2D eigenvalue weighted by molar-refractivity contribution is 8.01. The molecule has 0 bridgehead atoms. The lowest BCUT2D eigenvalue weighted by molar-refractivity contribution is -0.137. The molecule has 0 radical (unpaired) electrons. The molecular weight excluding hydrogens is 477 g/mol. The van der Waals surface area contributed by atoms with Crippen molar-refractivity contribution in [2.24, 2.45) is 0 Å². The van der Waals surface area contributed by atoms with Gasteiger partial charge in [-0.05, 0) is 80.1 Å². The molecule has 10 heteroatoms. The number of nitrogens with zero attached hydrogens (tertiary/aromatic N) is 1. The Morgan fingerprint density at radius 2 is 2.06 bits per heavy atom. The van der Waals surface area contributed by atoms with Crippen LogP contribution in [0.2, 0.25) is 0 Å². The summed E-state index contributed by atoms with van der Waals surface area (Å²) in [6.45, 7) is 3.55. The van der Waals surface area contributed by atoms with E-state index in [9.17, 15) is 22.8 Å². The second-order valence-corrected chi connectivity index (χ2v) is 9.77. The monoisotopic (exact) mass is 506 g/mol. The van der Waals surface area contributed by atoms with E-state index < -0.39 is 11.7 Å². The highest BCUT2D eigenvalue weighted by Gasteiger charge is 2.33. The highest BCUT2D eigenvalue weighted by atomic mass is 32.2. The Morgan fingerprint density at radius 1 is 1.23 bits per heavy atom. The van der Waals surface area contributed by atoms with E-state index in [4.69, 9.17) is 0 Å². The summed E-state index contributed by atoms with van der Waals surface area (Å²) in [5.74, 6) is -0.447. The van der Waals surface area contributed by atoms with Gasteiger partial charge in [0, 0.05) is 29.9 Å². The molecule has 0 spiro atoms. The Bertz CT molecular complexity index is 1070. The molecule has 2 aromatic rings. The third-order valence-electron chi connectivity index (χ3n) is 6.37. The van der Waals surface area contributed by atoms with E-state index >= 15 is 0 Å². The van der Waals surface area contributed by atoms with Gasteiger partial charge >= 0.3 is 6.18 Å². The summed E-state index contributed by atoms with van der Waals surface area (Å²) in [5, 5.41) is 9.29. The summed E-state index contributed by atoms with van der Waals surface area (Å²) in [4.78, 5) is 25.3. The fourth-order valence-electron chi connectivity index (χ4n) is 4.53. The number of hydrogen-bond donors (Lipinski definition) is 3. The molecule has 2 aliphatic heterocycles. The Balaban J connectivity index is 1.33. The number of hydrogen-bond acceptors (Lipinski definition) is 5. The molecule has 2 amide bonds. The van der Waals surface area contributed by atoms with Crippen LogP contribution < -0.4 is 20.3 Å². The maximum atomic E-state index is 13.1. The molecule has 3 N–H and O–H groups in total. The van der Waals surface area contributed by atoms with Crippen LogP contribution in [0.3, 0.4) is 0 Å². The summed E-state index contributed by atoms with van der Waals surface area (Å²) < 4.78 is 41.0. The van der Waals surface area contributed by atoms with Crippen molar-refractivity contribution >= 4 is 35.1 Å². The number of amides is 2. The molecule has 1 fully saturated rings. The number of alkyl halides is 3. The van der Waals surface area contributed by atoms with Gasteiger partial charge in [0.05, 0.1) is 17.0 Å². The second-order valence-electron chi connectivity index (χ2n) is 8.79. The number of benzene rings is 2. The minimum Gasteiger partial charge on any atom is -0.348 e. The fraction of sp³-hybridized carbons (Fsp3) is 0.440. The van der Waals surface area contributed by atoms with E-state index in [-0.39, 0.29) is 29.7 Å². The summed E-state index contributed by atoms with van der Waals surface area (Å²) in [5.41, 5.74) is 1.59. The Hall–Kier alpha value is -2.72. The van der Waals surface area contributed by atoms with E-state index in [0.29, 0.717) is 29.9 Å². The first-order chi connectivity index (χ1) is 16.7. The van der Waals surface area contributed by atoms with Crippen LogP contribution >= 0.6 is 11.9 Å². The first-order valence-corrected chi connectivity index (χ1v) is 12.7. The van der Waals surface area contributed by atoms with Crippen molar-refractivity contribution in [3.63, 3.8) is 0 Å². The lowest BCUT2D eigenvalue weighted by atomic mass is 10.0. The lowest BCUT2D eigenvalue weighted by Gasteiger charge is -2.23. The molecule has 0 aromatic heterocycles. The molecular formula is C25H29F3N4O2S. The van der Waals surface area contributed by atoms with Crippen LogP contribution in [-0.4, -0.2) is 42.7 Å². The van der Waals surface area contributed by atoms with Crippen LogP contribution in [0.4, 0.5) is 24.5 Å². The molecule has 1 saturated heterocycles. The summed E-state index contributed by atoms with van der Waals surface area (Å²) in [6, 6.07) is 10.8. The predicted molar refractivity (Wildman–Crippen MR) is 133 cm³/mol. The van der Waals surface area contributed by atoms with Gasteiger partial charge in [-0.1, -0.05) is 19.1 Å². The van der Waals surface area contributed by atoms with Crippen LogP contribution in [0.5, 0.6) is 0 Å². The average molecular weight is 507 g/mol. The number of nitrogens with one attached hydrogen (secondary N) is 3. The molecule has 2 heterocycles. The number of rotatable bonds is 8. The largest absolute Gasteiger partial charge is 0.416 e. The third-order valence-corrected chi connectivity index (χ3v) is 7.45. The first kappa shape index (κ1) is 25.4. The Labute approximate surface area is 207 Å². The zero-order chi connectivity index (χ0) is 25.0. The molecule has 2 unspecified atom stereocenters. The van der Waals surface area contributed by atoms with Gasteiger partial charge in [0.1, 0.15) is 0 Å². The topological polar surface area (TPSA) is 73.5 Å². The Morgan fingerprint density at radius 3 is 2.77 bits per heavy atom. The van der Waals surface area contributed by atoms with Crippen LogP contribution in [0.25, 0.3) is 0 Å². The van der Waals surface area contributed by atoms with Crippen LogP contribution in [-0.2, 0) is 17.4 Å². The van der Waals surface area contributed by atoms with Gasteiger partial charge < -0.3 is 20.3 Å². The van der Waals surface area contributed by atoms with Gasteiger partial charge in [-0.25, -0.2) is 0 Å². The lowest BCUT2D eigenvalue weighted by Crippen LogP contribution is -2.47. The van der Waals surface area contributed by atoms with Gasteiger partial charge in [0.25, 0.3) is 5.91 Å². The second kappa shape index (κ2) is 10.9. The predicted octanol–water partition coefficient (Wildman–Crippen LogP) is 4.62. The van der Waals surface area contributed by atoms with Crippen LogP contribution in [0, 0.1) is 0 Å². The van der Waals surface area contributed by atoms with Crippen molar-refractivity contribution in [2.75, 3.05) is 28.5 Å². The Kier molecular flexibility index (Phi) is 7.91. The highest BCUT2D eigenvalue weighted by Crippen LogP contribution is 2.38. The van der Waals surface area contributed by atoms with Crippen molar-refractivity contribution in [3.8, 4) is 0 Å². The van der Waals surface area contributed by atoms with Crippen molar-refractivity contribution in [1.29, 1.82) is 0 Å². The van der Waals surface area contributed by atoms with E-state index in [1.165, 1.54) is 18.0 Å². The van der Waals surface area contributed by atoms with Crippen LogP contribution in [0.15, 0.2) is 42.5 Å². The SMILES string of the molecule is CCC(NC(=O)c1cccc(NC(=O)CSN2CCc3ccc(C(F)(F)F)cc32)c1)C1CCCN1. The quantitative estimate of drug-likeness (QED) is 0.456. The standard InChI is InChI=1S/C25H29F3N4O2S/c1-2-20(21-7-4-11-29-21)31-24(34)17-5-3-6-19(13-17)30-23(33)15-35-32-12-10-16-8-9-18(14-22(16)32)25(26,27)28/h3,5-6,8-9,13-14,20-21,29H,2,4,7,10-12,15H2,1H3,(H,30,33)(H,31,34). The fourth-order valence-corrected chi connectivity index (χ4v) is 5.40. The van der Waals surface area contributed by atoms with Crippen molar-refractivity contribution in [1.82, 2.24) is 10.6 Å². The van der Waals surface area contributed by atoms with Crippen LogP contribution in [0.1, 0.15) is 47.7 Å². The number of anilines is 2. The molecule has 4 rings (SSSR count). The molecule has 2 aliphatic rings. The summed E-state index contributed by atoms with van der Waals surface area (Å²) in [7, 11) is 0. The zero-order valence-electron chi connectivity index (χ0n) is 19.5. The number of carbonyl (C=O) groups excluding carboxylic acids is 2. The summed E-state index contributed by atoms with van der Waals surface area (Å²) >= 11 is 1.18. The minimum atomic E-state index is -4.41. The summed E-state index contributed by atoms with van der Waals surface area (Å²) in [6.07, 6.45) is -0.822. The molecule has 2 aromatic carbocycles. The molecule has 0 aliphatic carbocycles. The smallest absolute Gasteiger partial charge is 0.348 e. The average Bonchev–Trinajstić information content (AvgIpc) is 3.50. The van der Waals surface area contributed by atoms with Gasteiger partial charge in [-0.3, -0.25) is 9.59 Å². The number of halogens is 3. The van der Waals surface area contributed by atoms with Crippen molar-refractivity contribution in [2.45, 2.75) is 50.9 Å². The van der Waals surface area contributed by atoms with E-state index in [2.05, 4.69) is 16.0 Å². The van der Waals surface area contributed by atoms with E-state index in [1.807, 2.05) is 6.92 Å². The van der Waals surface area contributed by atoms with E-state index in [1.54, 1.807) is 28.6 Å². The number of fused-ring (bicyclic) bond motifs is 1. The molecule has 2 atom stereocenters. The maximum Gasteiger partial charge on any atom is 0.416 e. The molecule has 188 valence electrons. The number of carbonyl (C=O) groups is 2. The van der Waals surface area contributed by atoms with E-state index in [0.717, 1.165) is 43.5 Å². The van der Waals surface area contributed by atoms with Crippen molar-refractivity contribution < 1.29 is 22.8 Å². The van der Waals surface area contributed by atoms with Gasteiger partial charge in [0.15, 0.2) is 0 Å². The first-order valence-electron chi connectivity index (χ1n) is 11.8. The van der Waals surface area contributed by atoms with Crippen molar-refractivity contribution in [3.05, 3.63) is 59.2 Å².